The monoisotopic (exact) mass is 247 g/mol. The van der Waals surface area contributed by atoms with E-state index in [1.807, 2.05) is 0 Å². The van der Waals surface area contributed by atoms with Crippen molar-refractivity contribution in [1.29, 1.82) is 0 Å². The summed E-state index contributed by atoms with van der Waals surface area (Å²) >= 11 is 0. The first-order valence-corrected chi connectivity index (χ1v) is 7.14. The smallest absolute Gasteiger partial charge is 0.0674 e. The van der Waals surface area contributed by atoms with E-state index in [0.717, 1.165) is 6.42 Å². The second-order valence-electron chi connectivity index (χ2n) is 5.55. The molecule has 1 fully saturated rings. The van der Waals surface area contributed by atoms with Crippen molar-refractivity contribution < 1.29 is 0 Å². The molecule has 19 heavy (non-hydrogen) atoms. The number of hydrogen-bond acceptors (Lipinski definition) is 1. The molecule has 1 saturated carbocycles. The number of para-hydroxylation sites is 1. The van der Waals surface area contributed by atoms with Gasteiger partial charge in [-0.15, -0.1) is 0 Å². The molecule has 1 nitrogen and oxygen atoms in total. The Hall–Kier alpha value is -1.89. The van der Waals surface area contributed by atoms with Crippen molar-refractivity contribution in [2.24, 2.45) is 4.99 Å². The molecule has 0 spiro atoms. The molecule has 0 radical (unpaired) electrons. The van der Waals surface area contributed by atoms with Gasteiger partial charge in [0.2, 0.25) is 0 Å². The molecule has 1 aliphatic heterocycles. The van der Waals surface area contributed by atoms with Gasteiger partial charge in [0.25, 0.3) is 0 Å². The van der Waals surface area contributed by atoms with Crippen molar-refractivity contribution in [1.82, 2.24) is 0 Å². The Kier molecular flexibility index (Phi) is 2.34. The van der Waals surface area contributed by atoms with Crippen molar-refractivity contribution >= 4 is 11.4 Å². The molecule has 0 N–H and O–H groups in total. The van der Waals surface area contributed by atoms with Gasteiger partial charge in [-0.25, -0.2) is 0 Å². The van der Waals surface area contributed by atoms with Gasteiger partial charge in [0.1, 0.15) is 0 Å². The van der Waals surface area contributed by atoms with Gasteiger partial charge in [-0.3, -0.25) is 4.99 Å². The number of fused-ring (bicyclic) bond motifs is 3. The Labute approximate surface area is 114 Å². The summed E-state index contributed by atoms with van der Waals surface area (Å²) in [6.45, 7) is 0. The maximum atomic E-state index is 4.94. The quantitative estimate of drug-likeness (QED) is 0.696. The van der Waals surface area contributed by atoms with Gasteiger partial charge in [-0.05, 0) is 36.5 Å². The van der Waals surface area contributed by atoms with Crippen molar-refractivity contribution in [3.05, 3.63) is 65.7 Å². The van der Waals surface area contributed by atoms with Crippen LogP contribution < -0.4 is 0 Å². The second kappa shape index (κ2) is 4.06. The van der Waals surface area contributed by atoms with E-state index < -0.39 is 0 Å². The first-order valence-electron chi connectivity index (χ1n) is 7.14. The van der Waals surface area contributed by atoms with E-state index in [4.69, 9.17) is 4.99 Å². The average Bonchev–Trinajstić information content (AvgIpc) is 2.84. The molecule has 1 unspecified atom stereocenters. The van der Waals surface area contributed by atoms with E-state index in [1.165, 1.54) is 41.8 Å². The van der Waals surface area contributed by atoms with Gasteiger partial charge in [-0.2, -0.15) is 0 Å². The highest BCUT2D eigenvalue weighted by atomic mass is 14.8. The minimum atomic E-state index is 0.0656. The molecule has 94 valence electrons. The van der Waals surface area contributed by atoms with Gasteiger partial charge in [0.15, 0.2) is 0 Å². The van der Waals surface area contributed by atoms with Crippen molar-refractivity contribution in [3.8, 4) is 0 Å². The van der Waals surface area contributed by atoms with Crippen LogP contribution in [-0.2, 0) is 5.41 Å². The summed E-state index contributed by atoms with van der Waals surface area (Å²) in [7, 11) is 0. The van der Waals surface area contributed by atoms with E-state index in [0.29, 0.717) is 0 Å². The molecule has 0 bridgehead atoms. The fraction of sp³-hybridized carbons (Fsp3) is 0.278. The number of rotatable bonds is 1. The highest BCUT2D eigenvalue weighted by Crippen LogP contribution is 2.50. The lowest BCUT2D eigenvalue weighted by molar-refractivity contribution is 0.526. The zero-order chi connectivity index (χ0) is 12.7. The van der Waals surface area contributed by atoms with Crippen LogP contribution in [0.15, 0.2) is 59.6 Å². The van der Waals surface area contributed by atoms with Crippen molar-refractivity contribution in [2.75, 3.05) is 0 Å². The van der Waals surface area contributed by atoms with Crippen LogP contribution in [0, 0.1) is 0 Å². The van der Waals surface area contributed by atoms with Crippen molar-refractivity contribution in [3.63, 3.8) is 0 Å². The predicted octanol–water partition coefficient (Wildman–Crippen LogP) is 4.63. The molecule has 0 aromatic heterocycles. The minimum Gasteiger partial charge on any atom is -0.256 e. The molecular weight excluding hydrogens is 230 g/mol. The van der Waals surface area contributed by atoms with E-state index in [-0.39, 0.29) is 5.41 Å². The third-order valence-electron chi connectivity index (χ3n) is 4.59. The van der Waals surface area contributed by atoms with Crippen LogP contribution in [0.4, 0.5) is 5.69 Å². The molecule has 1 heteroatoms. The lowest BCUT2D eigenvalue weighted by atomic mass is 9.65. The SMILES string of the molecule is c1ccc(C23CCCCC2=Nc2ccccc23)cc1. The van der Waals surface area contributed by atoms with Crippen LogP contribution in [0.3, 0.4) is 0 Å². The molecule has 2 aromatic rings. The van der Waals surface area contributed by atoms with E-state index >= 15 is 0 Å². The van der Waals surface area contributed by atoms with E-state index in [2.05, 4.69) is 54.6 Å². The lowest BCUT2D eigenvalue weighted by Gasteiger charge is -2.36. The molecule has 0 amide bonds. The maximum absolute atomic E-state index is 4.94. The van der Waals surface area contributed by atoms with Gasteiger partial charge in [0.05, 0.1) is 11.1 Å². The van der Waals surface area contributed by atoms with Crippen LogP contribution in [-0.4, -0.2) is 5.71 Å². The molecule has 2 aliphatic rings. The highest BCUT2D eigenvalue weighted by Gasteiger charge is 2.45. The Balaban J connectivity index is 1.99. The average molecular weight is 247 g/mol. The molecule has 2 aromatic carbocycles. The minimum absolute atomic E-state index is 0.0656. The maximum Gasteiger partial charge on any atom is 0.0674 e. The van der Waals surface area contributed by atoms with Crippen LogP contribution in [0.25, 0.3) is 0 Å². The Bertz CT molecular complexity index is 642. The summed E-state index contributed by atoms with van der Waals surface area (Å²) in [4.78, 5) is 4.94. The number of nitrogens with zero attached hydrogens (tertiary/aromatic N) is 1. The number of aliphatic imine (C=N–C) groups is 1. The number of benzene rings is 2. The Morgan fingerprint density at radius 3 is 2.53 bits per heavy atom. The lowest BCUT2D eigenvalue weighted by Crippen LogP contribution is -2.37. The van der Waals surface area contributed by atoms with Gasteiger partial charge in [-0.1, -0.05) is 55.0 Å². The first kappa shape index (κ1) is 11.0. The zero-order valence-corrected chi connectivity index (χ0v) is 11.0. The Morgan fingerprint density at radius 1 is 0.842 bits per heavy atom. The Morgan fingerprint density at radius 2 is 1.63 bits per heavy atom. The molecule has 0 saturated heterocycles. The van der Waals surface area contributed by atoms with E-state index in [1.54, 1.807) is 0 Å². The molecule has 4 rings (SSSR count). The van der Waals surface area contributed by atoms with Gasteiger partial charge < -0.3 is 0 Å². The first-order chi connectivity index (χ1) is 9.41. The molecule has 1 atom stereocenters. The normalized spacial score (nSPS) is 24.5. The van der Waals surface area contributed by atoms with Crippen LogP contribution in [0.1, 0.15) is 36.8 Å². The highest BCUT2D eigenvalue weighted by molar-refractivity contribution is 6.05. The van der Waals surface area contributed by atoms with Crippen LogP contribution in [0.2, 0.25) is 0 Å². The largest absolute Gasteiger partial charge is 0.256 e. The summed E-state index contributed by atoms with van der Waals surface area (Å²) in [5.41, 5.74) is 5.46. The number of hydrogen-bond donors (Lipinski definition) is 0. The third kappa shape index (κ3) is 1.45. The van der Waals surface area contributed by atoms with Gasteiger partial charge >= 0.3 is 0 Å². The topological polar surface area (TPSA) is 12.4 Å². The second-order valence-corrected chi connectivity index (χ2v) is 5.55. The van der Waals surface area contributed by atoms with Gasteiger partial charge in [0, 0.05) is 5.71 Å². The standard InChI is InChI=1S/C18H17N/c1-2-8-14(9-3-1)18-13-7-6-12-17(18)19-16-11-5-4-10-15(16)18/h1-5,8-11H,6-7,12-13H2. The fourth-order valence-electron chi connectivity index (χ4n) is 3.75. The van der Waals surface area contributed by atoms with Crippen LogP contribution >= 0.6 is 0 Å². The third-order valence-corrected chi connectivity index (χ3v) is 4.59. The van der Waals surface area contributed by atoms with Crippen LogP contribution in [0.5, 0.6) is 0 Å². The molecule has 1 aliphatic carbocycles. The fourth-order valence-corrected chi connectivity index (χ4v) is 3.75. The predicted molar refractivity (Wildman–Crippen MR) is 79.2 cm³/mol. The summed E-state index contributed by atoms with van der Waals surface area (Å²) in [5, 5.41) is 0. The summed E-state index contributed by atoms with van der Waals surface area (Å²) in [5.74, 6) is 0. The van der Waals surface area contributed by atoms with E-state index in [9.17, 15) is 0 Å². The zero-order valence-electron chi connectivity index (χ0n) is 11.0. The summed E-state index contributed by atoms with van der Waals surface area (Å²) in [6.07, 6.45) is 4.92. The summed E-state index contributed by atoms with van der Waals surface area (Å²) in [6, 6.07) is 19.6. The molecule has 1 heterocycles. The van der Waals surface area contributed by atoms with Crippen molar-refractivity contribution in [2.45, 2.75) is 31.1 Å². The summed E-state index contributed by atoms with van der Waals surface area (Å²) < 4.78 is 0. The molecular formula is C18H17N.